The predicted molar refractivity (Wildman–Crippen MR) is 115 cm³/mol. The zero-order valence-electron chi connectivity index (χ0n) is 16.9. The number of rotatable bonds is 6. The number of benzene rings is 2. The highest BCUT2D eigenvalue weighted by Crippen LogP contribution is 2.29. The van der Waals surface area contributed by atoms with E-state index in [0.29, 0.717) is 11.6 Å². The van der Waals surface area contributed by atoms with Crippen LogP contribution in [0.15, 0.2) is 59.7 Å². The first-order valence-corrected chi connectivity index (χ1v) is 9.05. The highest BCUT2D eigenvalue weighted by molar-refractivity contribution is 5.99. The van der Waals surface area contributed by atoms with Gasteiger partial charge in [-0.1, -0.05) is 24.3 Å². The Balaban J connectivity index is 1.84. The van der Waals surface area contributed by atoms with Crippen molar-refractivity contribution in [1.29, 1.82) is 0 Å². The summed E-state index contributed by atoms with van der Waals surface area (Å²) in [5, 5.41) is 4.49. The van der Waals surface area contributed by atoms with E-state index in [1.165, 1.54) is 0 Å². The number of nitrogens with zero attached hydrogens (tertiary/aromatic N) is 4. The molecule has 0 saturated carbocycles. The summed E-state index contributed by atoms with van der Waals surface area (Å²) in [5.41, 5.74) is 7.83. The summed E-state index contributed by atoms with van der Waals surface area (Å²) in [6.07, 6.45) is 0. The maximum Gasteiger partial charge on any atom is 0.150 e. The van der Waals surface area contributed by atoms with E-state index in [1.54, 1.807) is 7.11 Å². The Morgan fingerprint density at radius 2 is 1.75 bits per heavy atom. The average Bonchev–Trinajstić information content (AvgIpc) is 2.71. The van der Waals surface area contributed by atoms with Crippen LogP contribution in [0.1, 0.15) is 18.3 Å². The van der Waals surface area contributed by atoms with Crippen LogP contribution in [0.5, 0.6) is 5.75 Å². The van der Waals surface area contributed by atoms with Crippen LogP contribution >= 0.6 is 0 Å². The van der Waals surface area contributed by atoms with Crippen molar-refractivity contribution in [2.75, 3.05) is 31.5 Å². The topological polar surface area (TPSA) is 62.6 Å². The molecule has 0 fully saturated rings. The van der Waals surface area contributed by atoms with Gasteiger partial charge in [0.2, 0.25) is 0 Å². The van der Waals surface area contributed by atoms with E-state index in [9.17, 15) is 0 Å². The van der Waals surface area contributed by atoms with Gasteiger partial charge in [-0.3, -0.25) is 5.43 Å². The number of aryl methyl sites for hydroxylation is 1. The monoisotopic (exact) mass is 375 g/mol. The van der Waals surface area contributed by atoms with Gasteiger partial charge in [0, 0.05) is 31.4 Å². The van der Waals surface area contributed by atoms with Crippen LogP contribution in [0.2, 0.25) is 0 Å². The van der Waals surface area contributed by atoms with E-state index in [-0.39, 0.29) is 0 Å². The molecule has 0 radical (unpaired) electrons. The van der Waals surface area contributed by atoms with Gasteiger partial charge in [-0.25, -0.2) is 9.97 Å². The second-order valence-corrected chi connectivity index (χ2v) is 6.64. The molecule has 0 unspecified atom stereocenters. The number of nitrogens with one attached hydrogen (secondary N) is 1. The van der Waals surface area contributed by atoms with Gasteiger partial charge < -0.3 is 9.64 Å². The molecule has 0 aliphatic carbocycles. The van der Waals surface area contributed by atoms with Crippen LogP contribution in [-0.2, 0) is 0 Å². The van der Waals surface area contributed by atoms with Gasteiger partial charge in [0.15, 0.2) is 5.82 Å². The molecule has 0 aliphatic rings. The van der Waals surface area contributed by atoms with Crippen LogP contribution in [0.3, 0.4) is 0 Å². The predicted octanol–water partition coefficient (Wildman–Crippen LogP) is 4.36. The lowest BCUT2D eigenvalue weighted by Gasteiger charge is -2.12. The van der Waals surface area contributed by atoms with E-state index >= 15 is 0 Å². The maximum absolute atomic E-state index is 5.45. The van der Waals surface area contributed by atoms with Crippen molar-refractivity contribution < 1.29 is 4.74 Å². The largest absolute Gasteiger partial charge is 0.496 e. The smallest absolute Gasteiger partial charge is 0.150 e. The summed E-state index contributed by atoms with van der Waals surface area (Å²) < 4.78 is 5.45. The first kappa shape index (κ1) is 19.4. The Labute approximate surface area is 165 Å². The number of para-hydroxylation sites is 1. The molecular weight excluding hydrogens is 350 g/mol. The summed E-state index contributed by atoms with van der Waals surface area (Å²) in [4.78, 5) is 11.0. The van der Waals surface area contributed by atoms with Gasteiger partial charge in [0.25, 0.3) is 0 Å². The Morgan fingerprint density at radius 3 is 2.43 bits per heavy atom. The lowest BCUT2D eigenvalue weighted by Crippen LogP contribution is -2.09. The van der Waals surface area contributed by atoms with Crippen LogP contribution < -0.4 is 15.1 Å². The van der Waals surface area contributed by atoms with Gasteiger partial charge in [-0.15, -0.1) is 0 Å². The molecule has 1 heterocycles. The molecule has 6 heteroatoms. The average molecular weight is 375 g/mol. The zero-order valence-corrected chi connectivity index (χ0v) is 16.9. The van der Waals surface area contributed by atoms with Crippen molar-refractivity contribution >= 4 is 17.2 Å². The van der Waals surface area contributed by atoms with Crippen molar-refractivity contribution in [3.63, 3.8) is 0 Å². The SMILES string of the molecule is COc1ccccc1-c1cc(N/N=C(\C)c2ccc(N(C)C)cc2)nc(C)n1. The molecule has 144 valence electrons. The van der Waals surface area contributed by atoms with Crippen LogP contribution in [-0.4, -0.2) is 36.9 Å². The van der Waals surface area contributed by atoms with Crippen molar-refractivity contribution in [2.45, 2.75) is 13.8 Å². The Kier molecular flexibility index (Phi) is 5.89. The van der Waals surface area contributed by atoms with E-state index < -0.39 is 0 Å². The van der Waals surface area contributed by atoms with Crippen LogP contribution in [0.25, 0.3) is 11.3 Å². The molecular formula is C22H25N5O. The van der Waals surface area contributed by atoms with E-state index in [2.05, 4.69) is 49.7 Å². The fraction of sp³-hybridized carbons (Fsp3) is 0.227. The number of hydrazone groups is 1. The van der Waals surface area contributed by atoms with E-state index in [1.807, 2.05) is 58.3 Å². The highest BCUT2D eigenvalue weighted by atomic mass is 16.5. The first-order chi connectivity index (χ1) is 13.5. The Morgan fingerprint density at radius 1 is 1.04 bits per heavy atom. The van der Waals surface area contributed by atoms with Crippen molar-refractivity contribution in [3.8, 4) is 17.0 Å². The summed E-state index contributed by atoms with van der Waals surface area (Å²) in [5.74, 6) is 2.07. The highest BCUT2D eigenvalue weighted by Gasteiger charge is 2.09. The molecule has 0 atom stereocenters. The minimum atomic E-state index is 0.637. The molecule has 0 bridgehead atoms. The minimum Gasteiger partial charge on any atom is -0.496 e. The maximum atomic E-state index is 5.45. The van der Waals surface area contributed by atoms with Crippen molar-refractivity contribution in [1.82, 2.24) is 9.97 Å². The third kappa shape index (κ3) is 4.46. The summed E-state index contributed by atoms with van der Waals surface area (Å²) in [6, 6.07) is 17.9. The van der Waals surface area contributed by atoms with Crippen molar-refractivity contribution in [3.05, 3.63) is 66.0 Å². The van der Waals surface area contributed by atoms with Crippen molar-refractivity contribution in [2.24, 2.45) is 5.10 Å². The number of aromatic nitrogens is 2. The molecule has 6 nitrogen and oxygen atoms in total. The molecule has 3 rings (SSSR count). The molecule has 1 N–H and O–H groups in total. The normalized spacial score (nSPS) is 11.2. The fourth-order valence-corrected chi connectivity index (χ4v) is 2.83. The van der Waals surface area contributed by atoms with E-state index in [4.69, 9.17) is 4.74 Å². The molecule has 3 aromatic rings. The fourth-order valence-electron chi connectivity index (χ4n) is 2.83. The third-order valence-electron chi connectivity index (χ3n) is 4.36. The number of hydrogen-bond acceptors (Lipinski definition) is 6. The lowest BCUT2D eigenvalue weighted by molar-refractivity contribution is 0.416. The van der Waals surface area contributed by atoms with Gasteiger partial charge in [0.05, 0.1) is 18.5 Å². The number of anilines is 2. The third-order valence-corrected chi connectivity index (χ3v) is 4.36. The minimum absolute atomic E-state index is 0.637. The number of methoxy groups -OCH3 is 1. The molecule has 0 spiro atoms. The van der Waals surface area contributed by atoms with Gasteiger partial charge in [0.1, 0.15) is 11.6 Å². The summed E-state index contributed by atoms with van der Waals surface area (Å²) >= 11 is 0. The quantitative estimate of drug-likeness (QED) is 0.512. The second-order valence-electron chi connectivity index (χ2n) is 6.64. The molecule has 2 aromatic carbocycles. The molecule has 28 heavy (non-hydrogen) atoms. The number of ether oxygens (including phenoxy) is 1. The van der Waals surface area contributed by atoms with Crippen LogP contribution in [0, 0.1) is 6.92 Å². The number of hydrogen-bond donors (Lipinski definition) is 1. The second kappa shape index (κ2) is 8.52. The summed E-state index contributed by atoms with van der Waals surface area (Å²) in [6.45, 7) is 3.83. The van der Waals surface area contributed by atoms with Gasteiger partial charge in [-0.05, 0) is 43.7 Å². The van der Waals surface area contributed by atoms with Crippen LogP contribution in [0.4, 0.5) is 11.5 Å². The van der Waals surface area contributed by atoms with Gasteiger partial charge in [-0.2, -0.15) is 5.10 Å². The first-order valence-electron chi connectivity index (χ1n) is 9.05. The Hall–Kier alpha value is -3.41. The van der Waals surface area contributed by atoms with Gasteiger partial charge >= 0.3 is 0 Å². The van der Waals surface area contributed by atoms with E-state index in [0.717, 1.165) is 34.0 Å². The zero-order chi connectivity index (χ0) is 20.1. The molecule has 1 aromatic heterocycles. The molecule has 0 amide bonds. The standard InChI is InChI=1S/C22H25N5O/c1-15(17-10-12-18(13-11-17)27(3)4)25-26-22-14-20(23-16(2)24-22)19-8-6-7-9-21(19)28-5/h6-14H,1-5H3,(H,23,24,26)/b25-15+. The summed E-state index contributed by atoms with van der Waals surface area (Å²) in [7, 11) is 5.70. The molecule has 0 saturated heterocycles. The lowest BCUT2D eigenvalue weighted by atomic mass is 10.1. The molecule has 0 aliphatic heterocycles. The Bertz CT molecular complexity index is 980.